The van der Waals surface area contributed by atoms with E-state index in [9.17, 15) is 13.2 Å². The third kappa shape index (κ3) is 5.10. The van der Waals surface area contributed by atoms with Gasteiger partial charge in [-0.25, -0.2) is 0 Å². The number of nitrogens with one attached hydrogen (secondary N) is 1. The first-order valence-corrected chi connectivity index (χ1v) is 9.78. The first kappa shape index (κ1) is 21.4. The molecule has 146 valence electrons. The molecule has 3 aromatic rings. The molecule has 0 unspecified atom stereocenters. The normalized spacial score (nSPS) is 10.6. The Bertz CT molecular complexity index is 1010. The van der Waals surface area contributed by atoms with Crippen LogP contribution in [0.3, 0.4) is 0 Å². The molecule has 0 spiro atoms. The van der Waals surface area contributed by atoms with Crippen molar-refractivity contribution >= 4 is 33.0 Å². The van der Waals surface area contributed by atoms with Crippen LogP contribution in [0.2, 0.25) is 0 Å². The molecular weight excluding hydrogens is 398 g/mol. The summed E-state index contributed by atoms with van der Waals surface area (Å²) in [4.78, 5) is 11.3. The maximum absolute atomic E-state index is 13.3. The van der Waals surface area contributed by atoms with Crippen molar-refractivity contribution in [2.45, 2.75) is 11.8 Å². The Balaban J connectivity index is 0.00000280. The largest absolute Gasteiger partial charge is 1.00 e. The van der Waals surface area contributed by atoms with E-state index < -0.39 is 10.0 Å². The van der Waals surface area contributed by atoms with Gasteiger partial charge in [0, 0.05) is 24.7 Å². The molecule has 1 amide bonds. The predicted octanol–water partition coefficient (Wildman–Crippen LogP) is -0.346. The summed E-state index contributed by atoms with van der Waals surface area (Å²) in [7, 11) is -3.83. The lowest BCUT2D eigenvalue weighted by Gasteiger charge is -2.21. The van der Waals surface area contributed by atoms with Crippen LogP contribution in [-0.2, 0) is 14.8 Å². The number of carbonyl (C=O) groups is 1. The minimum absolute atomic E-state index is 0. The van der Waals surface area contributed by atoms with Crippen molar-refractivity contribution in [1.82, 2.24) is 0 Å². The Morgan fingerprint density at radius 3 is 1.93 bits per heavy atom. The maximum Gasteiger partial charge on any atom is 0.305 e. The highest BCUT2D eigenvalue weighted by Gasteiger charge is 2.28. The topological polar surface area (TPSA) is 83.1 Å². The van der Waals surface area contributed by atoms with Crippen molar-refractivity contribution in [3.8, 4) is 0 Å². The van der Waals surface area contributed by atoms with Gasteiger partial charge in [0.05, 0.1) is 4.90 Å². The molecule has 3 aromatic carbocycles. The highest BCUT2D eigenvalue weighted by Crippen LogP contribution is 2.21. The highest BCUT2D eigenvalue weighted by molar-refractivity contribution is 7.92. The molecule has 0 atom stereocenters. The van der Waals surface area contributed by atoms with E-state index in [4.69, 9.17) is 0 Å². The molecule has 0 aliphatic heterocycles. The van der Waals surface area contributed by atoms with Gasteiger partial charge in [0.25, 0.3) is 0 Å². The number of carbonyl (C=O) groups excluding carboxylic acids is 1. The molecule has 0 heterocycles. The maximum atomic E-state index is 13.3. The number of sulfonamides is 1. The average molecular weight is 418 g/mol. The summed E-state index contributed by atoms with van der Waals surface area (Å²) >= 11 is 0. The molecule has 28 heavy (non-hydrogen) atoms. The zero-order valence-electron chi connectivity index (χ0n) is 15.1. The van der Waals surface area contributed by atoms with Gasteiger partial charge < -0.3 is 17.7 Å². The SMILES string of the molecule is CC(=O)Nc1ccc(S(=O)(=O)N([NH2+]c2ccccc2)c2ccccc2)cc1.[Cl-]. The van der Waals surface area contributed by atoms with Crippen LogP contribution in [0.1, 0.15) is 6.92 Å². The van der Waals surface area contributed by atoms with Crippen LogP contribution in [-0.4, -0.2) is 14.3 Å². The molecule has 0 aromatic heterocycles. The summed E-state index contributed by atoms with van der Waals surface area (Å²) in [6.07, 6.45) is 0. The second-order valence-electron chi connectivity index (χ2n) is 5.88. The average Bonchev–Trinajstić information content (AvgIpc) is 2.67. The number of anilines is 2. The van der Waals surface area contributed by atoms with E-state index in [2.05, 4.69) is 5.32 Å². The smallest absolute Gasteiger partial charge is 0.305 e. The van der Waals surface area contributed by atoms with Crippen LogP contribution < -0.4 is 27.6 Å². The Labute approximate surface area is 170 Å². The predicted molar refractivity (Wildman–Crippen MR) is 105 cm³/mol. The summed E-state index contributed by atoms with van der Waals surface area (Å²) in [6.45, 7) is 1.40. The number of nitrogens with two attached hydrogens (primary N) is 1. The molecule has 0 radical (unpaired) electrons. The fourth-order valence-electron chi connectivity index (χ4n) is 2.56. The number of benzene rings is 3. The molecule has 3 rings (SSSR count). The molecule has 3 N–H and O–H groups in total. The lowest BCUT2D eigenvalue weighted by Crippen LogP contribution is -3.00. The van der Waals surface area contributed by atoms with Crippen LogP contribution >= 0.6 is 0 Å². The zero-order chi connectivity index (χ0) is 19.3. The van der Waals surface area contributed by atoms with E-state index >= 15 is 0 Å². The van der Waals surface area contributed by atoms with E-state index in [0.29, 0.717) is 11.4 Å². The first-order valence-electron chi connectivity index (χ1n) is 8.34. The Kier molecular flexibility index (Phi) is 7.17. The number of para-hydroxylation sites is 1. The van der Waals surface area contributed by atoms with Gasteiger partial charge in [-0.2, -0.15) is 13.8 Å². The van der Waals surface area contributed by atoms with Crippen LogP contribution in [0.15, 0.2) is 89.8 Å². The fourth-order valence-corrected chi connectivity index (χ4v) is 3.93. The van der Waals surface area contributed by atoms with Gasteiger partial charge in [-0.1, -0.05) is 36.4 Å². The standard InChI is InChI=1S/C20H19N3O3S.ClH/c1-16(24)21-17-12-14-20(15-13-17)27(25,26)23(19-10-6-3-7-11-19)22-18-8-4-2-5-9-18;/h2-15,22H,1H3,(H,21,24);1H. The number of nitrogens with zero attached hydrogens (tertiary/aromatic N) is 1. The number of hydrogen-bond acceptors (Lipinski definition) is 3. The van der Waals surface area contributed by atoms with Crippen LogP contribution in [0.5, 0.6) is 0 Å². The first-order chi connectivity index (χ1) is 13.0. The van der Waals surface area contributed by atoms with Crippen LogP contribution in [0.4, 0.5) is 17.1 Å². The Morgan fingerprint density at radius 1 is 0.857 bits per heavy atom. The lowest BCUT2D eigenvalue weighted by molar-refractivity contribution is -0.566. The molecule has 0 saturated carbocycles. The van der Waals surface area contributed by atoms with Gasteiger partial charge in [0.15, 0.2) is 5.69 Å². The zero-order valence-corrected chi connectivity index (χ0v) is 16.7. The number of amides is 1. The van der Waals surface area contributed by atoms with Gasteiger partial charge in [-0.3, -0.25) is 4.79 Å². The number of quaternary nitrogens is 1. The second-order valence-corrected chi connectivity index (χ2v) is 7.70. The molecule has 8 heteroatoms. The summed E-state index contributed by atoms with van der Waals surface area (Å²) < 4.78 is 27.8. The van der Waals surface area contributed by atoms with Crippen molar-refractivity contribution in [3.63, 3.8) is 0 Å². The number of rotatable bonds is 6. The van der Waals surface area contributed by atoms with Gasteiger partial charge >= 0.3 is 10.0 Å². The molecule has 6 nitrogen and oxygen atoms in total. The number of halogens is 1. The lowest BCUT2D eigenvalue weighted by atomic mass is 10.3. The molecule has 0 aliphatic carbocycles. The minimum atomic E-state index is -3.83. The summed E-state index contributed by atoms with van der Waals surface area (Å²) in [5.74, 6) is -0.214. The Hall–Kier alpha value is -2.87. The van der Waals surface area contributed by atoms with E-state index in [1.165, 1.54) is 23.5 Å². The third-order valence-electron chi connectivity index (χ3n) is 3.81. The van der Waals surface area contributed by atoms with Gasteiger partial charge in [0.2, 0.25) is 5.91 Å². The van der Waals surface area contributed by atoms with Crippen molar-refractivity contribution in [3.05, 3.63) is 84.9 Å². The van der Waals surface area contributed by atoms with Crippen LogP contribution in [0, 0.1) is 0 Å². The van der Waals surface area contributed by atoms with Gasteiger partial charge in [-0.05, 0) is 36.4 Å². The third-order valence-corrected chi connectivity index (χ3v) is 5.51. The Morgan fingerprint density at radius 2 is 1.39 bits per heavy atom. The molecule has 0 bridgehead atoms. The van der Waals surface area contributed by atoms with E-state index in [-0.39, 0.29) is 23.2 Å². The van der Waals surface area contributed by atoms with Crippen molar-refractivity contribution < 1.29 is 31.0 Å². The van der Waals surface area contributed by atoms with E-state index in [1.807, 2.05) is 36.4 Å². The van der Waals surface area contributed by atoms with Crippen LogP contribution in [0.25, 0.3) is 0 Å². The molecule has 0 fully saturated rings. The summed E-state index contributed by atoms with van der Waals surface area (Å²) in [5, 5.41) is 2.63. The van der Waals surface area contributed by atoms with E-state index in [0.717, 1.165) is 5.69 Å². The molecule has 0 saturated heterocycles. The summed E-state index contributed by atoms with van der Waals surface area (Å²) in [6, 6.07) is 24.2. The quantitative estimate of drug-likeness (QED) is 0.327. The monoisotopic (exact) mass is 417 g/mol. The minimum Gasteiger partial charge on any atom is -1.00 e. The van der Waals surface area contributed by atoms with Crippen molar-refractivity contribution in [1.29, 1.82) is 0 Å². The van der Waals surface area contributed by atoms with Gasteiger partial charge in [0.1, 0.15) is 5.69 Å². The molecular formula is C20H20ClN3O3S. The number of hydrogen-bond donors (Lipinski definition) is 2. The summed E-state index contributed by atoms with van der Waals surface area (Å²) in [5.41, 5.74) is 3.43. The second kappa shape index (κ2) is 9.36. The molecule has 0 aliphatic rings. The van der Waals surface area contributed by atoms with Gasteiger partial charge in [-0.15, -0.1) is 4.41 Å². The van der Waals surface area contributed by atoms with Crippen molar-refractivity contribution in [2.75, 3.05) is 9.73 Å². The fraction of sp³-hybridized carbons (Fsp3) is 0.0500. The highest BCUT2D eigenvalue weighted by atomic mass is 35.5. The van der Waals surface area contributed by atoms with E-state index in [1.54, 1.807) is 41.8 Å². The van der Waals surface area contributed by atoms with Crippen molar-refractivity contribution in [2.24, 2.45) is 0 Å².